The smallest absolute Gasteiger partial charge is 0.194 e. The van der Waals surface area contributed by atoms with Crippen molar-refractivity contribution in [2.24, 2.45) is 4.99 Å². The lowest BCUT2D eigenvalue weighted by Gasteiger charge is -2.36. The van der Waals surface area contributed by atoms with Gasteiger partial charge in [-0.2, -0.15) is 0 Å². The van der Waals surface area contributed by atoms with Crippen molar-refractivity contribution >= 4 is 40.7 Å². The van der Waals surface area contributed by atoms with Gasteiger partial charge in [0.15, 0.2) is 5.96 Å². The Morgan fingerprint density at radius 1 is 1.00 bits per heavy atom. The van der Waals surface area contributed by atoms with Crippen LogP contribution in [0.4, 0.5) is 0 Å². The average Bonchev–Trinajstić information content (AvgIpc) is 2.75. The molecule has 1 fully saturated rings. The summed E-state index contributed by atoms with van der Waals surface area (Å²) < 4.78 is 12.4. The summed E-state index contributed by atoms with van der Waals surface area (Å²) in [6.45, 7) is 8.45. The van der Waals surface area contributed by atoms with Gasteiger partial charge < -0.3 is 10.2 Å². The number of benzene rings is 2. The van der Waals surface area contributed by atoms with Gasteiger partial charge in [-0.05, 0) is 24.6 Å². The van der Waals surface area contributed by atoms with Crippen LogP contribution in [-0.4, -0.2) is 65.0 Å². The highest BCUT2D eigenvalue weighted by molar-refractivity contribution is 14.0. The number of hydrogen-bond donors (Lipinski definition) is 1. The van der Waals surface area contributed by atoms with Crippen molar-refractivity contribution < 1.29 is 4.21 Å². The Kier molecular flexibility index (Phi) is 10.7. The number of aliphatic imine (C=N–C) groups is 1. The van der Waals surface area contributed by atoms with Gasteiger partial charge in [0.2, 0.25) is 0 Å². The molecular formula is C22H31IN4OS. The van der Waals surface area contributed by atoms with Crippen LogP contribution in [0.5, 0.6) is 0 Å². The molecule has 1 heterocycles. The number of nitrogens with zero attached hydrogens (tertiary/aromatic N) is 3. The number of nitrogens with one attached hydrogen (secondary N) is 1. The summed E-state index contributed by atoms with van der Waals surface area (Å²) in [4.78, 5) is 10.4. The molecule has 1 unspecified atom stereocenters. The number of halogens is 1. The number of hydrogen-bond acceptors (Lipinski definition) is 3. The minimum atomic E-state index is -0.999. The zero-order valence-electron chi connectivity index (χ0n) is 17.0. The summed E-state index contributed by atoms with van der Waals surface area (Å²) in [5.41, 5.74) is 1.36. The van der Waals surface area contributed by atoms with Crippen molar-refractivity contribution in [1.82, 2.24) is 15.1 Å². The second-order valence-electron chi connectivity index (χ2n) is 6.85. The zero-order chi connectivity index (χ0) is 19.6. The molecule has 3 rings (SSSR count). The maximum absolute atomic E-state index is 12.4. The topological polar surface area (TPSA) is 47.9 Å². The fourth-order valence-corrected chi connectivity index (χ4v) is 4.26. The molecule has 7 heteroatoms. The fourth-order valence-electron chi connectivity index (χ4n) is 3.31. The Morgan fingerprint density at radius 2 is 1.62 bits per heavy atom. The van der Waals surface area contributed by atoms with Gasteiger partial charge in [-0.25, -0.2) is 0 Å². The Labute approximate surface area is 194 Å². The lowest BCUT2D eigenvalue weighted by Crippen LogP contribution is -2.52. The van der Waals surface area contributed by atoms with E-state index in [1.807, 2.05) is 30.3 Å². The van der Waals surface area contributed by atoms with Crippen LogP contribution in [-0.2, 0) is 17.3 Å². The predicted octanol–water partition coefficient (Wildman–Crippen LogP) is 3.20. The van der Waals surface area contributed by atoms with E-state index in [2.05, 4.69) is 52.4 Å². The van der Waals surface area contributed by atoms with Gasteiger partial charge >= 0.3 is 0 Å². The number of piperazine rings is 1. The van der Waals surface area contributed by atoms with Gasteiger partial charge in [0.25, 0.3) is 0 Å². The first-order valence-electron chi connectivity index (χ1n) is 9.99. The van der Waals surface area contributed by atoms with Crippen LogP contribution in [0, 0.1) is 0 Å². The van der Waals surface area contributed by atoms with E-state index >= 15 is 0 Å². The van der Waals surface area contributed by atoms with Gasteiger partial charge in [0.1, 0.15) is 0 Å². The monoisotopic (exact) mass is 526 g/mol. The molecule has 1 aliphatic heterocycles. The summed E-state index contributed by atoms with van der Waals surface area (Å²) in [7, 11) is -0.999. The largest absolute Gasteiger partial charge is 0.357 e. The van der Waals surface area contributed by atoms with Gasteiger partial charge in [-0.3, -0.25) is 14.1 Å². The van der Waals surface area contributed by atoms with E-state index in [1.54, 1.807) is 0 Å². The van der Waals surface area contributed by atoms with Crippen molar-refractivity contribution in [1.29, 1.82) is 0 Å². The summed E-state index contributed by atoms with van der Waals surface area (Å²) in [5, 5.41) is 3.39. The molecule has 1 saturated heterocycles. The molecule has 5 nitrogen and oxygen atoms in total. The Hall–Kier alpha value is -1.45. The van der Waals surface area contributed by atoms with Crippen molar-refractivity contribution in [3.8, 4) is 0 Å². The normalized spacial score (nSPS) is 16.2. The highest BCUT2D eigenvalue weighted by atomic mass is 127. The molecule has 0 spiro atoms. The minimum Gasteiger partial charge on any atom is -0.357 e. The van der Waals surface area contributed by atoms with Gasteiger partial charge in [-0.1, -0.05) is 48.5 Å². The minimum absolute atomic E-state index is 0. The van der Waals surface area contributed by atoms with Gasteiger partial charge in [0, 0.05) is 49.9 Å². The fraction of sp³-hybridized carbons (Fsp3) is 0.409. The molecular weight excluding hydrogens is 495 g/mol. The van der Waals surface area contributed by atoms with Crippen LogP contribution in [0.25, 0.3) is 0 Å². The lowest BCUT2D eigenvalue weighted by atomic mass is 10.2. The maximum atomic E-state index is 12.4. The van der Waals surface area contributed by atoms with Gasteiger partial charge in [0.05, 0.1) is 17.3 Å². The summed E-state index contributed by atoms with van der Waals surface area (Å²) >= 11 is 0. The molecule has 2 aromatic rings. The molecule has 1 aliphatic rings. The van der Waals surface area contributed by atoms with Crippen molar-refractivity contribution in [3.05, 3.63) is 66.2 Å². The number of guanidine groups is 1. The van der Waals surface area contributed by atoms with Crippen LogP contribution in [0.3, 0.4) is 0 Å². The Balaban J connectivity index is 0.00000300. The molecule has 0 aliphatic carbocycles. The van der Waals surface area contributed by atoms with Crippen LogP contribution >= 0.6 is 24.0 Å². The molecule has 1 atom stereocenters. The van der Waals surface area contributed by atoms with E-state index in [1.165, 1.54) is 5.56 Å². The van der Waals surface area contributed by atoms with Crippen LogP contribution in [0.15, 0.2) is 70.6 Å². The van der Waals surface area contributed by atoms with Crippen LogP contribution < -0.4 is 5.32 Å². The van der Waals surface area contributed by atoms with Gasteiger partial charge in [-0.15, -0.1) is 24.0 Å². The van der Waals surface area contributed by atoms with Crippen molar-refractivity contribution in [2.45, 2.75) is 18.4 Å². The first kappa shape index (κ1) is 23.8. The quantitative estimate of drug-likeness (QED) is 0.342. The molecule has 29 heavy (non-hydrogen) atoms. The molecule has 1 N–H and O–H groups in total. The second kappa shape index (κ2) is 13.0. The predicted molar refractivity (Wildman–Crippen MR) is 132 cm³/mol. The zero-order valence-corrected chi connectivity index (χ0v) is 20.1. The van der Waals surface area contributed by atoms with E-state index < -0.39 is 10.8 Å². The average molecular weight is 526 g/mol. The maximum Gasteiger partial charge on any atom is 0.194 e. The summed E-state index contributed by atoms with van der Waals surface area (Å²) in [6, 6.07) is 20.3. The SMILES string of the molecule is CCNC(=NCCS(=O)c1ccccc1)N1CCN(Cc2ccccc2)CC1.I. The van der Waals surface area contributed by atoms with E-state index in [0.29, 0.717) is 12.3 Å². The third-order valence-corrected chi connectivity index (χ3v) is 6.15. The summed E-state index contributed by atoms with van der Waals surface area (Å²) in [5.74, 6) is 1.49. The highest BCUT2D eigenvalue weighted by Gasteiger charge is 2.19. The number of rotatable bonds is 7. The molecule has 0 saturated carbocycles. The lowest BCUT2D eigenvalue weighted by molar-refractivity contribution is 0.172. The Bertz CT molecular complexity index is 765. The van der Waals surface area contributed by atoms with Crippen LogP contribution in [0.1, 0.15) is 12.5 Å². The first-order valence-corrected chi connectivity index (χ1v) is 11.3. The van der Waals surface area contributed by atoms with E-state index in [-0.39, 0.29) is 24.0 Å². The van der Waals surface area contributed by atoms with Crippen molar-refractivity contribution in [3.63, 3.8) is 0 Å². The van der Waals surface area contributed by atoms with E-state index in [9.17, 15) is 4.21 Å². The molecule has 2 aromatic carbocycles. The van der Waals surface area contributed by atoms with E-state index in [4.69, 9.17) is 4.99 Å². The first-order chi connectivity index (χ1) is 13.8. The molecule has 158 valence electrons. The molecule has 0 bridgehead atoms. The van der Waals surface area contributed by atoms with E-state index in [0.717, 1.165) is 50.1 Å². The Morgan fingerprint density at radius 3 is 2.24 bits per heavy atom. The molecule has 0 aromatic heterocycles. The third kappa shape index (κ3) is 7.71. The van der Waals surface area contributed by atoms with Crippen molar-refractivity contribution in [2.75, 3.05) is 45.0 Å². The van der Waals surface area contributed by atoms with Crippen LogP contribution in [0.2, 0.25) is 0 Å². The highest BCUT2D eigenvalue weighted by Crippen LogP contribution is 2.09. The standard InChI is InChI=1S/C22H30N4OS.HI/c1-2-23-22(24-13-18-28(27)21-11-7-4-8-12-21)26-16-14-25(15-17-26)19-20-9-5-3-6-10-20;/h3-12H,2,13-19H2,1H3,(H,23,24);1H. The second-order valence-corrected chi connectivity index (χ2v) is 8.42. The molecule has 0 radical (unpaired) electrons. The summed E-state index contributed by atoms with van der Waals surface area (Å²) in [6.07, 6.45) is 0. The molecule has 0 amide bonds. The third-order valence-electron chi connectivity index (χ3n) is 4.80.